The minimum atomic E-state index is -0.562. The molecule has 3 aromatic carbocycles. The van der Waals surface area contributed by atoms with Crippen molar-refractivity contribution < 1.29 is 23.8 Å². The van der Waals surface area contributed by atoms with Gasteiger partial charge in [-0.05, 0) is 37.6 Å². The Morgan fingerprint density at radius 2 is 1.85 bits per heavy atom. The van der Waals surface area contributed by atoms with Crippen LogP contribution in [-0.2, 0) is 4.79 Å². The molecule has 0 fully saturated rings. The number of benzene rings is 3. The molecule has 0 saturated heterocycles. The SMILES string of the molecule is COc1cc2c(cc1NC(=O)CC(C)=NNC(=O)c1cccc(C)c1O)oc1ccccc12. The predicted molar refractivity (Wildman–Crippen MR) is 127 cm³/mol. The number of nitrogens with one attached hydrogen (secondary N) is 2. The van der Waals surface area contributed by atoms with Crippen molar-refractivity contribution in [2.75, 3.05) is 12.4 Å². The Morgan fingerprint density at radius 3 is 2.64 bits per heavy atom. The zero-order chi connectivity index (χ0) is 23.5. The number of hydrogen-bond acceptors (Lipinski definition) is 6. The van der Waals surface area contributed by atoms with Crippen LogP contribution in [0.5, 0.6) is 11.5 Å². The summed E-state index contributed by atoms with van der Waals surface area (Å²) in [5.41, 5.74) is 5.29. The van der Waals surface area contributed by atoms with Gasteiger partial charge in [0.25, 0.3) is 5.91 Å². The molecule has 8 nitrogen and oxygen atoms in total. The Hall–Kier alpha value is -4.33. The number of aromatic hydroxyl groups is 1. The number of hydrazone groups is 1. The lowest BCUT2D eigenvalue weighted by Gasteiger charge is -2.10. The molecule has 168 valence electrons. The molecule has 0 aliphatic rings. The van der Waals surface area contributed by atoms with Crippen molar-refractivity contribution in [3.05, 3.63) is 65.7 Å². The number of carbonyl (C=O) groups is 2. The van der Waals surface area contributed by atoms with E-state index in [-0.39, 0.29) is 23.6 Å². The molecule has 0 unspecified atom stereocenters. The van der Waals surface area contributed by atoms with Crippen LogP contribution in [0.25, 0.3) is 21.9 Å². The number of phenolic OH excluding ortho intramolecular Hbond substituents is 1. The lowest BCUT2D eigenvalue weighted by atomic mass is 10.1. The van der Waals surface area contributed by atoms with E-state index in [2.05, 4.69) is 15.8 Å². The first-order valence-corrected chi connectivity index (χ1v) is 10.3. The molecule has 0 aliphatic carbocycles. The summed E-state index contributed by atoms with van der Waals surface area (Å²) in [6.07, 6.45) is -0.0542. The first-order valence-electron chi connectivity index (χ1n) is 10.3. The van der Waals surface area contributed by atoms with Gasteiger partial charge >= 0.3 is 0 Å². The van der Waals surface area contributed by atoms with Gasteiger partial charge in [0, 0.05) is 22.6 Å². The Kier molecular flexibility index (Phi) is 5.99. The quantitative estimate of drug-likeness (QED) is 0.293. The minimum absolute atomic E-state index is 0.0542. The molecule has 3 N–H and O–H groups in total. The Morgan fingerprint density at radius 1 is 1.06 bits per heavy atom. The number of anilines is 1. The van der Waals surface area contributed by atoms with Crippen molar-refractivity contribution in [2.24, 2.45) is 5.10 Å². The van der Waals surface area contributed by atoms with Crippen LogP contribution >= 0.6 is 0 Å². The molecule has 0 aliphatic heterocycles. The smallest absolute Gasteiger partial charge is 0.275 e. The first kappa shape index (κ1) is 21.9. The minimum Gasteiger partial charge on any atom is -0.507 e. The third-order valence-corrected chi connectivity index (χ3v) is 5.22. The van der Waals surface area contributed by atoms with Crippen LogP contribution in [0.4, 0.5) is 5.69 Å². The normalized spacial score (nSPS) is 11.5. The summed E-state index contributed by atoms with van der Waals surface area (Å²) in [6.45, 7) is 3.32. The maximum atomic E-state index is 12.6. The largest absolute Gasteiger partial charge is 0.507 e. The number of hydrogen-bond donors (Lipinski definition) is 3. The zero-order valence-electron chi connectivity index (χ0n) is 18.4. The number of aryl methyl sites for hydroxylation is 1. The number of furan rings is 1. The summed E-state index contributed by atoms with van der Waals surface area (Å²) in [5.74, 6) is -0.500. The third kappa shape index (κ3) is 4.50. The summed E-state index contributed by atoms with van der Waals surface area (Å²) in [4.78, 5) is 24.9. The van der Waals surface area contributed by atoms with Crippen molar-refractivity contribution in [3.63, 3.8) is 0 Å². The number of rotatable bonds is 6. The average molecular weight is 445 g/mol. The second kappa shape index (κ2) is 9.04. The first-order chi connectivity index (χ1) is 15.9. The number of fused-ring (bicyclic) bond motifs is 3. The molecular formula is C25H23N3O5. The van der Waals surface area contributed by atoms with E-state index < -0.39 is 5.91 Å². The van der Waals surface area contributed by atoms with Gasteiger partial charge in [0.2, 0.25) is 5.91 Å². The molecule has 0 saturated carbocycles. The molecule has 8 heteroatoms. The maximum absolute atomic E-state index is 12.6. The number of nitrogens with zero attached hydrogens (tertiary/aromatic N) is 1. The van der Waals surface area contributed by atoms with Crippen LogP contribution in [0.1, 0.15) is 29.3 Å². The summed E-state index contributed by atoms with van der Waals surface area (Å²) in [5, 5.41) is 18.6. The molecule has 4 aromatic rings. The van der Waals surface area contributed by atoms with E-state index >= 15 is 0 Å². The number of ether oxygens (including phenoxy) is 1. The third-order valence-electron chi connectivity index (χ3n) is 5.22. The lowest BCUT2D eigenvalue weighted by Crippen LogP contribution is -2.21. The summed E-state index contributed by atoms with van der Waals surface area (Å²) in [6, 6.07) is 16.1. The van der Waals surface area contributed by atoms with Gasteiger partial charge in [0.05, 0.1) is 24.8 Å². The van der Waals surface area contributed by atoms with E-state index in [4.69, 9.17) is 9.15 Å². The summed E-state index contributed by atoms with van der Waals surface area (Å²) < 4.78 is 11.3. The molecular weight excluding hydrogens is 422 g/mol. The molecule has 33 heavy (non-hydrogen) atoms. The van der Waals surface area contributed by atoms with Crippen LogP contribution in [0, 0.1) is 6.92 Å². The highest BCUT2D eigenvalue weighted by atomic mass is 16.5. The number of phenols is 1. The van der Waals surface area contributed by atoms with Crippen molar-refractivity contribution >= 4 is 45.2 Å². The molecule has 0 bridgehead atoms. The average Bonchev–Trinajstić information content (AvgIpc) is 3.16. The van der Waals surface area contributed by atoms with Crippen LogP contribution in [0.15, 0.2) is 64.1 Å². The van der Waals surface area contributed by atoms with Gasteiger partial charge in [0.1, 0.15) is 22.7 Å². The van der Waals surface area contributed by atoms with E-state index in [9.17, 15) is 14.7 Å². The highest BCUT2D eigenvalue weighted by Gasteiger charge is 2.15. The number of amides is 2. The maximum Gasteiger partial charge on any atom is 0.275 e. The summed E-state index contributed by atoms with van der Waals surface area (Å²) in [7, 11) is 1.53. The van der Waals surface area contributed by atoms with Crippen LogP contribution in [-0.4, -0.2) is 29.7 Å². The summed E-state index contributed by atoms with van der Waals surface area (Å²) >= 11 is 0. The molecule has 1 aromatic heterocycles. The highest BCUT2D eigenvalue weighted by molar-refractivity contribution is 6.10. The topological polar surface area (TPSA) is 113 Å². The van der Waals surface area contributed by atoms with E-state index in [1.807, 2.05) is 30.3 Å². The second-order valence-corrected chi connectivity index (χ2v) is 7.63. The molecule has 4 rings (SSSR count). The van der Waals surface area contributed by atoms with E-state index in [0.717, 1.165) is 16.4 Å². The fourth-order valence-electron chi connectivity index (χ4n) is 3.53. The van der Waals surface area contributed by atoms with Crippen molar-refractivity contribution in [3.8, 4) is 11.5 Å². The second-order valence-electron chi connectivity index (χ2n) is 7.63. The van der Waals surface area contributed by atoms with Crippen LogP contribution in [0.2, 0.25) is 0 Å². The van der Waals surface area contributed by atoms with Gasteiger partial charge in [-0.3, -0.25) is 9.59 Å². The van der Waals surface area contributed by atoms with Crippen LogP contribution < -0.4 is 15.5 Å². The van der Waals surface area contributed by atoms with Gasteiger partial charge < -0.3 is 19.6 Å². The van der Waals surface area contributed by atoms with Gasteiger partial charge in [-0.25, -0.2) is 5.43 Å². The van der Waals surface area contributed by atoms with Gasteiger partial charge in [0.15, 0.2) is 0 Å². The van der Waals surface area contributed by atoms with Crippen molar-refractivity contribution in [2.45, 2.75) is 20.3 Å². The fraction of sp³-hybridized carbons (Fsp3) is 0.160. The van der Waals surface area contributed by atoms with Crippen LogP contribution in [0.3, 0.4) is 0 Å². The lowest BCUT2D eigenvalue weighted by molar-refractivity contribution is -0.115. The standard InChI is InChI=1S/C25H23N3O5/c1-14-7-6-9-17(24(14)30)25(31)28-27-15(2)11-23(29)26-19-13-21-18(12-22(19)32-3)16-8-4-5-10-20(16)33-21/h4-10,12-13,30H,11H2,1-3H3,(H,26,29)(H,28,31). The van der Waals surface area contributed by atoms with Crippen molar-refractivity contribution in [1.82, 2.24) is 5.43 Å². The number of methoxy groups -OCH3 is 1. The monoisotopic (exact) mass is 445 g/mol. The Labute approximate surface area is 189 Å². The van der Waals surface area contributed by atoms with Gasteiger partial charge in [-0.2, -0.15) is 5.10 Å². The van der Waals surface area contributed by atoms with E-state index in [1.165, 1.54) is 13.2 Å². The molecule has 1 heterocycles. The van der Waals surface area contributed by atoms with Crippen molar-refractivity contribution in [1.29, 1.82) is 0 Å². The molecule has 0 atom stereocenters. The Bertz CT molecular complexity index is 1400. The predicted octanol–water partition coefficient (Wildman–Crippen LogP) is 4.74. The zero-order valence-corrected chi connectivity index (χ0v) is 18.4. The van der Waals surface area contributed by atoms with E-state index in [1.54, 1.807) is 32.0 Å². The number of carbonyl (C=O) groups excluding carboxylic acids is 2. The van der Waals surface area contributed by atoms with Gasteiger partial charge in [-0.1, -0.05) is 30.3 Å². The van der Waals surface area contributed by atoms with Gasteiger partial charge in [-0.15, -0.1) is 0 Å². The Balaban J connectivity index is 1.47. The fourth-order valence-corrected chi connectivity index (χ4v) is 3.53. The highest BCUT2D eigenvalue weighted by Crippen LogP contribution is 2.36. The molecule has 0 spiro atoms. The molecule has 2 amide bonds. The molecule has 0 radical (unpaired) electrons. The number of para-hydroxylation sites is 2. The van der Waals surface area contributed by atoms with E-state index in [0.29, 0.717) is 28.3 Å².